The third-order valence-electron chi connectivity index (χ3n) is 8.19. The van der Waals surface area contributed by atoms with E-state index in [9.17, 15) is 32.3 Å². The maximum atomic E-state index is 14.8. The average Bonchev–Trinajstić information content (AvgIpc) is 3.66. The van der Waals surface area contributed by atoms with Crippen LogP contribution in [0.3, 0.4) is 0 Å². The summed E-state index contributed by atoms with van der Waals surface area (Å²) in [4.78, 5) is 29.7. The van der Waals surface area contributed by atoms with Gasteiger partial charge in [-0.1, -0.05) is 11.6 Å². The molecule has 1 aliphatic carbocycles. The van der Waals surface area contributed by atoms with E-state index in [1.165, 1.54) is 32.2 Å². The van der Waals surface area contributed by atoms with E-state index in [0.717, 1.165) is 31.0 Å². The summed E-state index contributed by atoms with van der Waals surface area (Å²) in [7, 11) is 1.38. The van der Waals surface area contributed by atoms with Gasteiger partial charge in [-0.25, -0.2) is 9.37 Å². The van der Waals surface area contributed by atoms with Gasteiger partial charge >= 0.3 is 6.18 Å². The number of halogens is 5. The Kier molecular flexibility index (Phi) is 7.20. The highest BCUT2D eigenvalue weighted by Gasteiger charge is 2.57. The lowest BCUT2D eigenvalue weighted by Crippen LogP contribution is -2.51. The number of ether oxygens (including phenoxy) is 2. The molecule has 2 amide bonds. The van der Waals surface area contributed by atoms with Gasteiger partial charge in [0.25, 0.3) is 5.91 Å². The second-order valence-corrected chi connectivity index (χ2v) is 11.7. The molecule has 0 spiro atoms. The number of aliphatic hydroxyl groups is 1. The number of carbonyl (C=O) groups is 2. The first-order valence-electron chi connectivity index (χ1n) is 13.7. The largest absolute Gasteiger partial charge is 0.494 e. The summed E-state index contributed by atoms with van der Waals surface area (Å²) in [5.41, 5.74) is -0.999. The molecule has 2 aromatic carbocycles. The molecule has 4 aromatic rings. The number of amides is 2. The molecule has 0 bridgehead atoms. The molecule has 236 valence electrons. The van der Waals surface area contributed by atoms with E-state index in [4.69, 9.17) is 26.8 Å². The van der Waals surface area contributed by atoms with Crippen LogP contribution in [0.1, 0.15) is 47.4 Å². The number of hydrogen-bond acceptors (Lipinski definition) is 7. The Morgan fingerprint density at radius 3 is 2.62 bits per heavy atom. The van der Waals surface area contributed by atoms with E-state index >= 15 is 0 Å². The topological polar surface area (TPSA) is 142 Å². The van der Waals surface area contributed by atoms with Crippen molar-refractivity contribution in [3.05, 3.63) is 70.3 Å². The van der Waals surface area contributed by atoms with E-state index in [-0.39, 0.29) is 51.6 Å². The van der Waals surface area contributed by atoms with Crippen LogP contribution in [0, 0.1) is 5.82 Å². The minimum atomic E-state index is -5.40. The van der Waals surface area contributed by atoms with Gasteiger partial charge in [0.2, 0.25) is 11.5 Å². The number of nitrogens with one attached hydrogen (secondary N) is 1. The zero-order chi connectivity index (χ0) is 32.5. The molecule has 1 aliphatic heterocycles. The number of pyridine rings is 1. The van der Waals surface area contributed by atoms with Gasteiger partial charge in [0.15, 0.2) is 0 Å². The van der Waals surface area contributed by atoms with Crippen molar-refractivity contribution in [2.45, 2.75) is 43.0 Å². The fourth-order valence-electron chi connectivity index (χ4n) is 5.24. The lowest BCUT2D eigenvalue weighted by atomic mass is 9.81. The van der Waals surface area contributed by atoms with Crippen LogP contribution >= 0.6 is 11.6 Å². The molecule has 4 N–H and O–H groups in total. The third kappa shape index (κ3) is 5.11. The molecule has 2 aromatic heterocycles. The highest BCUT2D eigenvalue weighted by Crippen LogP contribution is 2.49. The van der Waals surface area contributed by atoms with Gasteiger partial charge in [0.05, 0.1) is 30.4 Å². The van der Waals surface area contributed by atoms with Gasteiger partial charge in [-0.15, -0.1) is 0 Å². The molecule has 15 heteroatoms. The summed E-state index contributed by atoms with van der Waals surface area (Å²) in [6, 6.07) is 7.02. The Balaban J connectivity index is 1.42. The number of fused-ring (bicyclic) bond motifs is 2. The lowest BCUT2D eigenvalue weighted by molar-refractivity contribution is -0.265. The smallest absolute Gasteiger partial charge is 0.424 e. The van der Waals surface area contributed by atoms with Crippen LogP contribution in [0.4, 0.5) is 17.6 Å². The molecule has 0 saturated heterocycles. The molecule has 3 heterocycles. The number of nitrogens with zero attached hydrogens (tertiary/aromatic N) is 3. The van der Waals surface area contributed by atoms with Crippen LogP contribution in [0.15, 0.2) is 42.6 Å². The molecule has 2 atom stereocenters. The van der Waals surface area contributed by atoms with E-state index < -0.39 is 47.1 Å². The van der Waals surface area contributed by atoms with Crippen molar-refractivity contribution in [3.63, 3.8) is 0 Å². The van der Waals surface area contributed by atoms with Crippen molar-refractivity contribution in [2.24, 2.45) is 5.73 Å². The number of primary amides is 1. The Hall–Kier alpha value is -4.43. The fraction of sp³-hybridized carbons (Fsp3) is 0.333. The van der Waals surface area contributed by atoms with Crippen molar-refractivity contribution in [2.75, 3.05) is 20.3 Å². The maximum Gasteiger partial charge on any atom is 0.424 e. The monoisotopic (exact) mass is 647 g/mol. The van der Waals surface area contributed by atoms with E-state index in [0.29, 0.717) is 10.9 Å². The van der Waals surface area contributed by atoms with Gasteiger partial charge in [0, 0.05) is 28.3 Å². The van der Waals surface area contributed by atoms with Gasteiger partial charge in [-0.2, -0.15) is 18.3 Å². The Morgan fingerprint density at radius 2 is 1.98 bits per heavy atom. The molecule has 2 aliphatic rings. The summed E-state index contributed by atoms with van der Waals surface area (Å²) in [5.74, 6) is -2.55. The third-order valence-corrected chi connectivity index (χ3v) is 8.52. The minimum Gasteiger partial charge on any atom is -0.494 e. The predicted octanol–water partition coefficient (Wildman–Crippen LogP) is 4.55. The number of hydrogen-bond donors (Lipinski definition) is 3. The fourth-order valence-corrected chi connectivity index (χ4v) is 5.45. The first kappa shape index (κ1) is 30.6. The Morgan fingerprint density at radius 1 is 1.24 bits per heavy atom. The molecule has 6 rings (SSSR count). The van der Waals surface area contributed by atoms with Gasteiger partial charge in [0.1, 0.15) is 40.5 Å². The number of methoxy groups -OCH3 is 1. The standard InChI is InChI=1S/C30H26ClF4N5O5/c1-28(27(36)42)13-45-25-19(28)10-22(38-24(25)18-9-16(32)3-6-20(18)31)29(43,30(33,34)35)12-37-26(41)14-7-15-11-40(17-4-5-17)39-23(15)21(8-14)44-2/h3,6-11,17,43H,4-5,12-13H2,1-2H3,(H2,36,42)(H,37,41)/t28-,29?/m0/s1. The molecular weight excluding hydrogens is 622 g/mol. The molecule has 10 nitrogen and oxygen atoms in total. The number of aromatic nitrogens is 3. The van der Waals surface area contributed by atoms with Crippen LogP contribution < -0.4 is 20.5 Å². The van der Waals surface area contributed by atoms with Crippen molar-refractivity contribution in [1.82, 2.24) is 20.1 Å². The first-order chi connectivity index (χ1) is 21.2. The number of benzene rings is 2. The van der Waals surface area contributed by atoms with Gasteiger partial charge < -0.3 is 25.6 Å². The van der Waals surface area contributed by atoms with Crippen LogP contribution in [0.25, 0.3) is 22.2 Å². The van der Waals surface area contributed by atoms with Crippen LogP contribution in [-0.2, 0) is 15.8 Å². The van der Waals surface area contributed by atoms with Crippen molar-refractivity contribution in [3.8, 4) is 22.8 Å². The average molecular weight is 648 g/mol. The zero-order valence-corrected chi connectivity index (χ0v) is 24.6. The highest BCUT2D eigenvalue weighted by atomic mass is 35.5. The molecule has 1 saturated carbocycles. The van der Waals surface area contributed by atoms with Gasteiger partial charge in [-0.05, 0) is 56.2 Å². The van der Waals surface area contributed by atoms with Crippen molar-refractivity contribution < 1.29 is 41.7 Å². The molecule has 1 fully saturated rings. The van der Waals surface area contributed by atoms with E-state index in [1.54, 1.807) is 10.9 Å². The number of nitrogens with two attached hydrogens (primary N) is 1. The SMILES string of the molecule is COc1cc(C(=O)NCC(O)(c2cc3c(c(-c4cc(F)ccc4Cl)n2)OC[C@]3(C)C(N)=O)C(F)(F)F)cc2cn(C3CC3)nc12. The number of carbonyl (C=O) groups excluding carboxylic acids is 2. The summed E-state index contributed by atoms with van der Waals surface area (Å²) in [5, 5.41) is 18.4. The highest BCUT2D eigenvalue weighted by molar-refractivity contribution is 6.33. The second-order valence-electron chi connectivity index (χ2n) is 11.3. The van der Waals surface area contributed by atoms with Gasteiger partial charge in [-0.3, -0.25) is 14.3 Å². The first-order valence-corrected chi connectivity index (χ1v) is 14.1. The summed E-state index contributed by atoms with van der Waals surface area (Å²) in [6.07, 6.45) is -1.77. The van der Waals surface area contributed by atoms with E-state index in [2.05, 4.69) is 15.4 Å². The maximum absolute atomic E-state index is 14.8. The van der Waals surface area contributed by atoms with Crippen LogP contribution in [-0.4, -0.2) is 58.1 Å². The quantitative estimate of drug-likeness (QED) is 0.238. The predicted molar refractivity (Wildman–Crippen MR) is 154 cm³/mol. The second kappa shape index (κ2) is 10.6. The Labute approximate surface area is 258 Å². The lowest BCUT2D eigenvalue weighted by Gasteiger charge is -2.31. The molecule has 45 heavy (non-hydrogen) atoms. The van der Waals surface area contributed by atoms with Crippen molar-refractivity contribution >= 4 is 34.3 Å². The number of alkyl halides is 3. The normalized spacial score (nSPS) is 19.1. The summed E-state index contributed by atoms with van der Waals surface area (Å²) >= 11 is 6.27. The molecule has 0 radical (unpaired) electrons. The summed E-state index contributed by atoms with van der Waals surface area (Å²) < 4.78 is 71.3. The Bertz CT molecular complexity index is 1880. The number of rotatable bonds is 8. The summed E-state index contributed by atoms with van der Waals surface area (Å²) in [6.45, 7) is -0.385. The van der Waals surface area contributed by atoms with E-state index in [1.807, 2.05) is 0 Å². The van der Waals surface area contributed by atoms with Crippen LogP contribution in [0.5, 0.6) is 11.5 Å². The molecule has 1 unspecified atom stereocenters. The van der Waals surface area contributed by atoms with Crippen molar-refractivity contribution in [1.29, 1.82) is 0 Å². The zero-order valence-electron chi connectivity index (χ0n) is 23.8. The van der Waals surface area contributed by atoms with Crippen LogP contribution in [0.2, 0.25) is 5.02 Å². The molecular formula is C30H26ClF4N5O5. The minimum absolute atomic E-state index is 0.0388.